The molecule has 5 aromatic rings. The number of aromatic nitrogens is 4. The number of benzene rings is 3. The van der Waals surface area contributed by atoms with E-state index in [1.165, 1.54) is 0 Å². The zero-order chi connectivity index (χ0) is 23.5. The summed E-state index contributed by atoms with van der Waals surface area (Å²) in [6.07, 6.45) is 1.81. The lowest BCUT2D eigenvalue weighted by Crippen LogP contribution is -2.03. The molecular formula is C27H25N5O2. The second-order valence-corrected chi connectivity index (χ2v) is 8.11. The highest BCUT2D eigenvalue weighted by atomic mass is 16.5. The molecule has 7 nitrogen and oxygen atoms in total. The number of fused-ring (bicyclic) bond motifs is 1. The molecule has 5 rings (SSSR count). The minimum Gasteiger partial charge on any atom is -0.497 e. The summed E-state index contributed by atoms with van der Waals surface area (Å²) in [7, 11) is 1.65. The Morgan fingerprint density at radius 1 is 0.794 bits per heavy atom. The molecule has 3 aromatic carbocycles. The van der Waals surface area contributed by atoms with Crippen LogP contribution in [0.4, 0.5) is 11.5 Å². The molecule has 170 valence electrons. The molecular weight excluding hydrogens is 426 g/mol. The van der Waals surface area contributed by atoms with E-state index in [4.69, 9.17) is 19.4 Å². The van der Waals surface area contributed by atoms with Gasteiger partial charge in [-0.3, -0.25) is 0 Å². The Labute approximate surface area is 198 Å². The van der Waals surface area contributed by atoms with Gasteiger partial charge in [0.1, 0.15) is 17.2 Å². The van der Waals surface area contributed by atoms with Crippen LogP contribution >= 0.6 is 0 Å². The maximum atomic E-state index is 5.90. The van der Waals surface area contributed by atoms with Crippen LogP contribution in [0.3, 0.4) is 0 Å². The molecule has 2 aromatic heterocycles. The third-order valence-electron chi connectivity index (χ3n) is 5.42. The van der Waals surface area contributed by atoms with Crippen molar-refractivity contribution in [2.75, 3.05) is 12.4 Å². The first-order valence-electron chi connectivity index (χ1n) is 11.1. The van der Waals surface area contributed by atoms with Crippen LogP contribution in [-0.4, -0.2) is 26.6 Å². The number of ether oxygens (including phenoxy) is 2. The van der Waals surface area contributed by atoms with E-state index in [-0.39, 0.29) is 6.04 Å². The highest BCUT2D eigenvalue weighted by Crippen LogP contribution is 2.30. The van der Waals surface area contributed by atoms with Gasteiger partial charge in [0, 0.05) is 17.3 Å². The van der Waals surface area contributed by atoms with Crippen molar-refractivity contribution in [2.45, 2.75) is 19.9 Å². The van der Waals surface area contributed by atoms with Crippen molar-refractivity contribution in [1.82, 2.24) is 19.5 Å². The van der Waals surface area contributed by atoms with Crippen molar-refractivity contribution in [2.24, 2.45) is 0 Å². The minimum absolute atomic E-state index is 0.214. The van der Waals surface area contributed by atoms with Gasteiger partial charge < -0.3 is 19.4 Å². The molecule has 0 atom stereocenters. The van der Waals surface area contributed by atoms with Gasteiger partial charge in [0.15, 0.2) is 22.8 Å². The Hall–Kier alpha value is -4.39. The maximum absolute atomic E-state index is 5.90. The summed E-state index contributed by atoms with van der Waals surface area (Å²) in [6.45, 7) is 4.21. The zero-order valence-corrected chi connectivity index (χ0v) is 19.3. The monoisotopic (exact) mass is 451 g/mol. The van der Waals surface area contributed by atoms with E-state index in [9.17, 15) is 0 Å². The summed E-state index contributed by atoms with van der Waals surface area (Å²) in [5, 5.41) is 3.42. The quantitative estimate of drug-likeness (QED) is 0.300. The number of para-hydroxylation sites is 1. The molecule has 0 fully saturated rings. The molecule has 0 saturated heterocycles. The average Bonchev–Trinajstić information content (AvgIpc) is 3.31. The number of nitrogens with zero attached hydrogens (tertiary/aromatic N) is 4. The summed E-state index contributed by atoms with van der Waals surface area (Å²) >= 11 is 0. The number of rotatable bonds is 7. The van der Waals surface area contributed by atoms with Crippen molar-refractivity contribution in [3.8, 4) is 28.6 Å². The summed E-state index contributed by atoms with van der Waals surface area (Å²) in [5.41, 5.74) is 3.27. The third-order valence-corrected chi connectivity index (χ3v) is 5.42. The molecule has 0 aliphatic heterocycles. The normalized spacial score (nSPS) is 11.1. The van der Waals surface area contributed by atoms with Crippen LogP contribution in [0.25, 0.3) is 22.6 Å². The molecule has 0 saturated carbocycles. The Kier molecular flexibility index (Phi) is 5.82. The number of anilines is 2. The smallest absolute Gasteiger partial charge is 0.166 e. The number of hydrogen-bond donors (Lipinski definition) is 1. The van der Waals surface area contributed by atoms with E-state index in [0.717, 1.165) is 39.7 Å². The van der Waals surface area contributed by atoms with E-state index in [2.05, 4.69) is 24.1 Å². The second kappa shape index (κ2) is 9.23. The van der Waals surface area contributed by atoms with E-state index in [1.54, 1.807) is 7.11 Å². The van der Waals surface area contributed by atoms with Gasteiger partial charge in [-0.2, -0.15) is 0 Å². The van der Waals surface area contributed by atoms with E-state index < -0.39 is 0 Å². The molecule has 0 radical (unpaired) electrons. The number of nitrogens with one attached hydrogen (secondary N) is 1. The molecule has 0 bridgehead atoms. The van der Waals surface area contributed by atoms with Gasteiger partial charge in [-0.25, -0.2) is 15.0 Å². The molecule has 0 unspecified atom stereocenters. The number of imidazole rings is 1. The van der Waals surface area contributed by atoms with Gasteiger partial charge in [0.25, 0.3) is 0 Å². The van der Waals surface area contributed by atoms with Gasteiger partial charge in [-0.15, -0.1) is 0 Å². The first-order valence-corrected chi connectivity index (χ1v) is 11.1. The van der Waals surface area contributed by atoms with Crippen LogP contribution in [-0.2, 0) is 0 Å². The fraction of sp³-hybridized carbons (Fsp3) is 0.148. The molecule has 0 amide bonds. The fourth-order valence-corrected chi connectivity index (χ4v) is 3.62. The Morgan fingerprint density at radius 3 is 2.15 bits per heavy atom. The van der Waals surface area contributed by atoms with Crippen LogP contribution in [0.5, 0.6) is 17.2 Å². The standard InChI is InChI=1S/C27H25N5O2/c1-18(2)32-17-28-24-26(30-25(31-27(24)32)19-9-13-21(33-3)14-10-19)29-20-11-15-23(16-12-20)34-22-7-5-4-6-8-22/h4-18H,1-3H3,(H,29,30,31). The van der Waals surface area contributed by atoms with E-state index >= 15 is 0 Å². The predicted octanol–water partition coefficient (Wildman–Crippen LogP) is 6.62. The molecule has 0 spiro atoms. The molecule has 7 heteroatoms. The van der Waals surface area contributed by atoms with Gasteiger partial charge in [0.2, 0.25) is 0 Å². The minimum atomic E-state index is 0.214. The summed E-state index contributed by atoms with van der Waals surface area (Å²) in [5.74, 6) is 3.60. The Bertz CT molecular complexity index is 1400. The predicted molar refractivity (Wildman–Crippen MR) is 134 cm³/mol. The molecule has 0 aliphatic carbocycles. The number of hydrogen-bond acceptors (Lipinski definition) is 6. The van der Waals surface area contributed by atoms with E-state index in [0.29, 0.717) is 11.6 Å². The number of methoxy groups -OCH3 is 1. The first kappa shape index (κ1) is 21.5. The van der Waals surface area contributed by atoms with Gasteiger partial charge in [0.05, 0.1) is 13.4 Å². The van der Waals surface area contributed by atoms with Crippen molar-refractivity contribution in [1.29, 1.82) is 0 Å². The lowest BCUT2D eigenvalue weighted by molar-refractivity contribution is 0.415. The second-order valence-electron chi connectivity index (χ2n) is 8.11. The fourth-order valence-electron chi connectivity index (χ4n) is 3.62. The molecule has 2 heterocycles. The topological polar surface area (TPSA) is 74.1 Å². The van der Waals surface area contributed by atoms with Gasteiger partial charge in [-0.1, -0.05) is 18.2 Å². The Morgan fingerprint density at radius 2 is 1.47 bits per heavy atom. The summed E-state index contributed by atoms with van der Waals surface area (Å²) in [4.78, 5) is 14.3. The van der Waals surface area contributed by atoms with E-state index in [1.807, 2.05) is 89.8 Å². The van der Waals surface area contributed by atoms with Gasteiger partial charge in [-0.05, 0) is 74.5 Å². The highest BCUT2D eigenvalue weighted by Gasteiger charge is 2.16. The first-order chi connectivity index (χ1) is 16.6. The van der Waals surface area contributed by atoms with Crippen molar-refractivity contribution in [3.63, 3.8) is 0 Å². The SMILES string of the molecule is COc1ccc(-c2nc(Nc3ccc(Oc4ccccc4)cc3)c3ncn(C(C)C)c3n2)cc1. The van der Waals surface area contributed by atoms with Crippen molar-refractivity contribution < 1.29 is 9.47 Å². The molecule has 1 N–H and O–H groups in total. The van der Waals surface area contributed by atoms with Crippen molar-refractivity contribution >= 4 is 22.7 Å². The highest BCUT2D eigenvalue weighted by molar-refractivity contribution is 5.87. The molecule has 34 heavy (non-hydrogen) atoms. The van der Waals surface area contributed by atoms with Crippen LogP contribution in [0, 0.1) is 0 Å². The molecule has 0 aliphatic rings. The Balaban J connectivity index is 1.49. The zero-order valence-electron chi connectivity index (χ0n) is 19.3. The largest absolute Gasteiger partial charge is 0.497 e. The maximum Gasteiger partial charge on any atom is 0.166 e. The van der Waals surface area contributed by atoms with Crippen LogP contribution in [0.1, 0.15) is 19.9 Å². The summed E-state index contributed by atoms with van der Waals surface area (Å²) < 4.78 is 13.2. The average molecular weight is 452 g/mol. The van der Waals surface area contributed by atoms with Crippen molar-refractivity contribution in [3.05, 3.63) is 85.2 Å². The van der Waals surface area contributed by atoms with Gasteiger partial charge >= 0.3 is 0 Å². The third kappa shape index (κ3) is 4.41. The van der Waals surface area contributed by atoms with Crippen LogP contribution in [0.15, 0.2) is 85.2 Å². The van der Waals surface area contributed by atoms with Crippen LogP contribution < -0.4 is 14.8 Å². The van der Waals surface area contributed by atoms with Crippen LogP contribution in [0.2, 0.25) is 0 Å². The lowest BCUT2D eigenvalue weighted by Gasteiger charge is -2.12. The lowest BCUT2D eigenvalue weighted by atomic mass is 10.2. The summed E-state index contributed by atoms with van der Waals surface area (Å²) in [6, 6.07) is 25.4.